The molecule has 0 aromatic carbocycles. The molecular weight excluding hydrogens is 266 g/mol. The summed E-state index contributed by atoms with van der Waals surface area (Å²) in [5.74, 6) is 2.08. The quantitative estimate of drug-likeness (QED) is 0.905. The molecule has 2 heterocycles. The van der Waals surface area contributed by atoms with Gasteiger partial charge in [0.1, 0.15) is 0 Å². The zero-order valence-electron chi connectivity index (χ0n) is 12.4. The molecule has 1 spiro atoms. The van der Waals surface area contributed by atoms with Crippen LogP contribution in [0.5, 0.6) is 0 Å². The van der Waals surface area contributed by atoms with Gasteiger partial charge in [-0.25, -0.2) is 0 Å². The molecule has 1 N–H and O–H groups in total. The van der Waals surface area contributed by atoms with Crippen LogP contribution in [0.25, 0.3) is 0 Å². The number of aliphatic imine (C=N–C) groups is 1. The molecule has 4 heteroatoms. The SMILES string of the molecule is Cc1ccc(CN=C2NC3(CCC(C)CC3)CS2)cn1. The van der Waals surface area contributed by atoms with Gasteiger partial charge in [-0.1, -0.05) is 24.8 Å². The van der Waals surface area contributed by atoms with Crippen LogP contribution in [0, 0.1) is 12.8 Å². The highest BCUT2D eigenvalue weighted by atomic mass is 32.2. The monoisotopic (exact) mass is 289 g/mol. The van der Waals surface area contributed by atoms with Crippen molar-refractivity contribution in [2.45, 2.75) is 51.6 Å². The Morgan fingerprint density at radius 1 is 1.40 bits per heavy atom. The van der Waals surface area contributed by atoms with Crippen LogP contribution in [-0.4, -0.2) is 21.4 Å². The average Bonchev–Trinajstić information content (AvgIpc) is 2.85. The molecule has 0 bridgehead atoms. The summed E-state index contributed by atoms with van der Waals surface area (Å²) in [5.41, 5.74) is 2.58. The summed E-state index contributed by atoms with van der Waals surface area (Å²) in [4.78, 5) is 9.04. The third kappa shape index (κ3) is 3.17. The lowest BCUT2D eigenvalue weighted by atomic mass is 9.78. The maximum absolute atomic E-state index is 4.72. The van der Waals surface area contributed by atoms with Crippen LogP contribution >= 0.6 is 11.8 Å². The normalized spacial score (nSPS) is 31.7. The molecule has 0 unspecified atom stereocenters. The molecule has 2 aliphatic rings. The maximum Gasteiger partial charge on any atom is 0.157 e. The molecule has 1 saturated heterocycles. The average molecular weight is 289 g/mol. The van der Waals surface area contributed by atoms with Crippen molar-refractivity contribution in [3.8, 4) is 0 Å². The third-order valence-corrected chi connectivity index (χ3v) is 5.67. The fraction of sp³-hybridized carbons (Fsp3) is 0.625. The summed E-state index contributed by atoms with van der Waals surface area (Å²) < 4.78 is 0. The summed E-state index contributed by atoms with van der Waals surface area (Å²) in [6.45, 7) is 5.11. The molecule has 108 valence electrons. The second-order valence-corrected chi connectivity index (χ2v) is 7.27. The molecule has 20 heavy (non-hydrogen) atoms. The minimum absolute atomic E-state index is 0.335. The first-order chi connectivity index (χ1) is 9.65. The molecule has 3 rings (SSSR count). The van der Waals surface area contributed by atoms with Gasteiger partial charge in [0, 0.05) is 23.2 Å². The number of nitrogens with one attached hydrogen (secondary N) is 1. The largest absolute Gasteiger partial charge is 0.359 e. The van der Waals surface area contributed by atoms with E-state index in [-0.39, 0.29) is 0 Å². The van der Waals surface area contributed by atoms with Gasteiger partial charge in [-0.3, -0.25) is 9.98 Å². The van der Waals surface area contributed by atoms with Crippen molar-refractivity contribution in [3.05, 3.63) is 29.6 Å². The maximum atomic E-state index is 4.72. The lowest BCUT2D eigenvalue weighted by Crippen LogP contribution is -2.46. The standard InChI is InChI=1S/C16H23N3S/c1-12-5-7-16(8-6-12)11-20-15(19-16)18-10-14-4-3-13(2)17-9-14/h3-4,9,12H,5-8,10-11H2,1-2H3,(H,18,19). The lowest BCUT2D eigenvalue weighted by Gasteiger charge is -2.35. The van der Waals surface area contributed by atoms with E-state index in [1.807, 2.05) is 24.9 Å². The number of aryl methyl sites for hydroxylation is 1. The van der Waals surface area contributed by atoms with Gasteiger partial charge in [-0.15, -0.1) is 0 Å². The summed E-state index contributed by atoms with van der Waals surface area (Å²) in [6, 6.07) is 4.17. The zero-order valence-corrected chi connectivity index (χ0v) is 13.2. The summed E-state index contributed by atoms with van der Waals surface area (Å²) in [7, 11) is 0. The predicted octanol–water partition coefficient (Wildman–Crippen LogP) is 3.53. The first-order valence-electron chi connectivity index (χ1n) is 7.52. The van der Waals surface area contributed by atoms with Gasteiger partial charge in [0.25, 0.3) is 0 Å². The Morgan fingerprint density at radius 3 is 2.90 bits per heavy atom. The van der Waals surface area contributed by atoms with E-state index in [2.05, 4.69) is 29.4 Å². The first kappa shape index (κ1) is 13.9. The van der Waals surface area contributed by atoms with E-state index in [1.165, 1.54) is 37.0 Å². The van der Waals surface area contributed by atoms with E-state index < -0.39 is 0 Å². The number of nitrogens with zero attached hydrogens (tertiary/aromatic N) is 2. The number of aromatic nitrogens is 1. The Hall–Kier alpha value is -1.03. The fourth-order valence-electron chi connectivity index (χ4n) is 2.93. The van der Waals surface area contributed by atoms with Crippen LogP contribution < -0.4 is 5.32 Å². The summed E-state index contributed by atoms with van der Waals surface area (Å²) >= 11 is 1.89. The lowest BCUT2D eigenvalue weighted by molar-refractivity contribution is 0.251. The van der Waals surface area contributed by atoms with Gasteiger partial charge >= 0.3 is 0 Å². The Labute approximate surface area is 125 Å². The highest BCUT2D eigenvalue weighted by Gasteiger charge is 2.39. The van der Waals surface area contributed by atoms with Crippen LogP contribution in [0.1, 0.15) is 43.9 Å². The second kappa shape index (κ2) is 5.76. The number of thioether (sulfide) groups is 1. The first-order valence-corrected chi connectivity index (χ1v) is 8.51. The topological polar surface area (TPSA) is 37.3 Å². The number of hydrogen-bond acceptors (Lipinski definition) is 3. The van der Waals surface area contributed by atoms with Crippen molar-refractivity contribution < 1.29 is 0 Å². The predicted molar refractivity (Wildman–Crippen MR) is 86.1 cm³/mol. The van der Waals surface area contributed by atoms with Crippen LogP contribution in [-0.2, 0) is 6.54 Å². The van der Waals surface area contributed by atoms with Gasteiger partial charge in [-0.05, 0) is 50.2 Å². The van der Waals surface area contributed by atoms with E-state index in [0.29, 0.717) is 5.54 Å². The van der Waals surface area contributed by atoms with Gasteiger partial charge < -0.3 is 5.32 Å². The molecule has 0 atom stereocenters. The number of pyridine rings is 1. The van der Waals surface area contributed by atoms with E-state index >= 15 is 0 Å². The highest BCUT2D eigenvalue weighted by Crippen LogP contribution is 2.38. The van der Waals surface area contributed by atoms with Gasteiger partial charge in [0.2, 0.25) is 0 Å². The zero-order chi connectivity index (χ0) is 14.0. The molecule has 2 fully saturated rings. The van der Waals surface area contributed by atoms with Crippen molar-refractivity contribution in [2.75, 3.05) is 5.75 Å². The number of amidine groups is 1. The van der Waals surface area contributed by atoms with Crippen LogP contribution in [0.2, 0.25) is 0 Å². The van der Waals surface area contributed by atoms with Crippen molar-refractivity contribution in [3.63, 3.8) is 0 Å². The number of rotatable bonds is 2. The molecule has 1 aromatic rings. The van der Waals surface area contributed by atoms with Crippen LogP contribution in [0.15, 0.2) is 23.3 Å². The Kier molecular flexibility index (Phi) is 4.01. The van der Waals surface area contributed by atoms with E-state index in [9.17, 15) is 0 Å². The fourth-order valence-corrected chi connectivity index (χ4v) is 4.15. The summed E-state index contributed by atoms with van der Waals surface area (Å²) in [5, 5.41) is 4.83. The van der Waals surface area contributed by atoms with Crippen LogP contribution in [0.3, 0.4) is 0 Å². The Balaban J connectivity index is 1.59. The molecule has 1 aliphatic heterocycles. The molecular formula is C16H23N3S. The Bertz CT molecular complexity index is 487. The van der Waals surface area contributed by atoms with Gasteiger partial charge in [-0.2, -0.15) is 0 Å². The molecule has 3 nitrogen and oxygen atoms in total. The summed E-state index contributed by atoms with van der Waals surface area (Å²) in [6.07, 6.45) is 7.22. The molecule has 0 amide bonds. The molecule has 1 aromatic heterocycles. The minimum atomic E-state index is 0.335. The van der Waals surface area contributed by atoms with E-state index in [4.69, 9.17) is 4.99 Å². The van der Waals surface area contributed by atoms with E-state index in [1.54, 1.807) is 0 Å². The van der Waals surface area contributed by atoms with Crippen molar-refractivity contribution in [2.24, 2.45) is 10.9 Å². The highest BCUT2D eigenvalue weighted by molar-refractivity contribution is 8.14. The van der Waals surface area contributed by atoms with Gasteiger partial charge in [0.05, 0.1) is 6.54 Å². The van der Waals surface area contributed by atoms with Crippen LogP contribution in [0.4, 0.5) is 0 Å². The Morgan fingerprint density at radius 2 is 2.20 bits per heavy atom. The van der Waals surface area contributed by atoms with E-state index in [0.717, 1.165) is 23.3 Å². The smallest absolute Gasteiger partial charge is 0.157 e. The minimum Gasteiger partial charge on any atom is -0.359 e. The van der Waals surface area contributed by atoms with Crippen molar-refractivity contribution in [1.29, 1.82) is 0 Å². The van der Waals surface area contributed by atoms with Gasteiger partial charge in [0.15, 0.2) is 5.17 Å². The molecule has 1 aliphatic carbocycles. The van der Waals surface area contributed by atoms with Crippen molar-refractivity contribution >= 4 is 16.9 Å². The second-order valence-electron chi connectivity index (χ2n) is 6.31. The third-order valence-electron chi connectivity index (χ3n) is 4.47. The van der Waals surface area contributed by atoms with Crippen molar-refractivity contribution in [1.82, 2.24) is 10.3 Å². The number of hydrogen-bond donors (Lipinski definition) is 1. The molecule has 1 saturated carbocycles. The molecule has 0 radical (unpaired) electrons.